The van der Waals surface area contributed by atoms with E-state index in [0.717, 1.165) is 18.2 Å². The van der Waals surface area contributed by atoms with Crippen molar-refractivity contribution in [2.75, 3.05) is 13.1 Å². The number of primary amides is 1. The first-order chi connectivity index (χ1) is 17.5. The van der Waals surface area contributed by atoms with Gasteiger partial charge in [-0.25, -0.2) is 8.78 Å². The fraction of sp³-hybridized carbons (Fsp3) is 0.269. The molecule has 1 aliphatic heterocycles. The number of benzene rings is 3. The van der Waals surface area contributed by atoms with Gasteiger partial charge in [0.05, 0.1) is 16.7 Å². The van der Waals surface area contributed by atoms with Crippen molar-refractivity contribution in [2.45, 2.75) is 31.7 Å². The predicted molar refractivity (Wildman–Crippen MR) is 129 cm³/mol. The Hall–Kier alpha value is -3.34. The third-order valence-corrected chi connectivity index (χ3v) is 6.41. The molecule has 37 heavy (non-hydrogen) atoms. The van der Waals surface area contributed by atoms with Gasteiger partial charge < -0.3 is 25.6 Å². The summed E-state index contributed by atoms with van der Waals surface area (Å²) in [6.45, 7) is -1.37. The lowest BCUT2D eigenvalue weighted by Gasteiger charge is -2.30. The summed E-state index contributed by atoms with van der Waals surface area (Å²) in [7, 11) is 0. The standard InChI is InChI=1S/C26H23ClF4N2O4/c1-13(34)11-33-12-26(14-5-3-2-4-6-14)10-16-19(37-26)9-17(28)22(27)20(16)21-15(24(32)35)7-8-18(23(21)29)36-25(30)31/h2-9,13,25,33-34H,10-12H2,1H3,(H2,32,35)/t13-,26-/m1/s1. The lowest BCUT2D eigenvalue weighted by Crippen LogP contribution is -2.44. The molecule has 196 valence electrons. The maximum absolute atomic E-state index is 15.6. The summed E-state index contributed by atoms with van der Waals surface area (Å²) in [5.74, 6) is -4.26. The first-order valence-electron chi connectivity index (χ1n) is 11.3. The van der Waals surface area contributed by atoms with Crippen molar-refractivity contribution in [1.29, 1.82) is 0 Å². The summed E-state index contributed by atoms with van der Waals surface area (Å²) in [4.78, 5) is 12.2. The zero-order chi connectivity index (χ0) is 26.9. The fourth-order valence-electron chi connectivity index (χ4n) is 4.48. The van der Waals surface area contributed by atoms with Crippen LogP contribution in [-0.4, -0.2) is 36.8 Å². The van der Waals surface area contributed by atoms with Crippen molar-refractivity contribution < 1.29 is 36.9 Å². The molecule has 1 aliphatic rings. The number of rotatable bonds is 9. The van der Waals surface area contributed by atoms with E-state index in [1.54, 1.807) is 37.3 Å². The molecule has 1 heterocycles. The van der Waals surface area contributed by atoms with Gasteiger partial charge >= 0.3 is 6.61 Å². The number of aliphatic hydroxyl groups is 1. The Morgan fingerprint density at radius 3 is 2.54 bits per heavy atom. The van der Waals surface area contributed by atoms with Gasteiger partial charge in [-0.3, -0.25) is 4.79 Å². The third kappa shape index (κ3) is 5.22. The molecule has 0 bridgehead atoms. The number of hydrogen-bond acceptors (Lipinski definition) is 5. The summed E-state index contributed by atoms with van der Waals surface area (Å²) in [6, 6.07) is 11.8. The molecule has 0 fully saturated rings. The number of hydrogen-bond donors (Lipinski definition) is 3. The van der Waals surface area contributed by atoms with E-state index in [1.807, 2.05) is 0 Å². The molecule has 3 aromatic rings. The van der Waals surface area contributed by atoms with Gasteiger partial charge in [-0.05, 0) is 24.6 Å². The van der Waals surface area contributed by atoms with Gasteiger partial charge in [-0.2, -0.15) is 8.78 Å². The van der Waals surface area contributed by atoms with Gasteiger partial charge in [0.1, 0.15) is 11.6 Å². The summed E-state index contributed by atoms with van der Waals surface area (Å²) >= 11 is 6.32. The summed E-state index contributed by atoms with van der Waals surface area (Å²) < 4.78 is 67.0. The molecule has 4 N–H and O–H groups in total. The van der Waals surface area contributed by atoms with Gasteiger partial charge in [-0.15, -0.1) is 0 Å². The number of carbonyl (C=O) groups excluding carboxylic acids is 1. The highest BCUT2D eigenvalue weighted by Gasteiger charge is 2.44. The minimum Gasteiger partial charge on any atom is -0.480 e. The van der Waals surface area contributed by atoms with Crippen LogP contribution in [0.15, 0.2) is 48.5 Å². The minimum atomic E-state index is -3.36. The molecule has 0 radical (unpaired) electrons. The molecule has 1 amide bonds. The fourth-order valence-corrected chi connectivity index (χ4v) is 4.74. The van der Waals surface area contributed by atoms with Crippen LogP contribution < -0.4 is 20.5 Å². The Kier molecular flexibility index (Phi) is 7.63. The molecule has 6 nitrogen and oxygen atoms in total. The number of halogens is 5. The average molecular weight is 539 g/mol. The number of alkyl halides is 2. The zero-order valence-electron chi connectivity index (χ0n) is 19.5. The molecule has 0 aliphatic carbocycles. The minimum absolute atomic E-state index is 0.0228. The molecule has 3 aromatic carbocycles. The maximum Gasteiger partial charge on any atom is 0.387 e. The van der Waals surface area contributed by atoms with E-state index >= 15 is 8.78 Å². The van der Waals surface area contributed by atoms with E-state index in [9.17, 15) is 18.7 Å². The van der Waals surface area contributed by atoms with E-state index in [2.05, 4.69) is 10.1 Å². The van der Waals surface area contributed by atoms with Crippen molar-refractivity contribution in [3.63, 3.8) is 0 Å². The lowest BCUT2D eigenvalue weighted by molar-refractivity contribution is -0.0521. The summed E-state index contributed by atoms with van der Waals surface area (Å²) in [6.07, 6.45) is -0.629. The molecule has 0 saturated heterocycles. The van der Waals surface area contributed by atoms with E-state index in [4.69, 9.17) is 22.1 Å². The molecule has 0 unspecified atom stereocenters. The van der Waals surface area contributed by atoms with E-state index < -0.39 is 57.8 Å². The lowest BCUT2D eigenvalue weighted by atomic mass is 9.85. The van der Waals surface area contributed by atoms with Crippen LogP contribution in [-0.2, 0) is 12.0 Å². The van der Waals surface area contributed by atoms with E-state index in [1.165, 1.54) is 0 Å². The second-order valence-corrected chi connectivity index (χ2v) is 9.06. The van der Waals surface area contributed by atoms with Crippen LogP contribution in [0.25, 0.3) is 11.1 Å². The number of amides is 1. The van der Waals surface area contributed by atoms with Crippen LogP contribution in [0.5, 0.6) is 11.5 Å². The van der Waals surface area contributed by atoms with Crippen LogP contribution >= 0.6 is 11.6 Å². The summed E-state index contributed by atoms with van der Waals surface area (Å²) in [5, 5.41) is 12.3. The average Bonchev–Trinajstić information content (AvgIpc) is 3.20. The van der Waals surface area contributed by atoms with Gasteiger partial charge in [0.2, 0.25) is 5.91 Å². The van der Waals surface area contributed by atoms with Crippen molar-refractivity contribution in [3.8, 4) is 22.6 Å². The van der Waals surface area contributed by atoms with E-state index in [0.29, 0.717) is 5.56 Å². The first-order valence-corrected chi connectivity index (χ1v) is 11.6. The van der Waals surface area contributed by atoms with E-state index in [-0.39, 0.29) is 36.4 Å². The van der Waals surface area contributed by atoms with Crippen molar-refractivity contribution in [3.05, 3.63) is 81.9 Å². The molecule has 2 atom stereocenters. The quantitative estimate of drug-likeness (QED) is 0.341. The van der Waals surface area contributed by atoms with Crippen LogP contribution in [0, 0.1) is 11.6 Å². The first kappa shape index (κ1) is 26.7. The van der Waals surface area contributed by atoms with Crippen LogP contribution in [0.1, 0.15) is 28.4 Å². The number of fused-ring (bicyclic) bond motifs is 1. The van der Waals surface area contributed by atoms with Gasteiger partial charge in [0.25, 0.3) is 0 Å². The summed E-state index contributed by atoms with van der Waals surface area (Å²) in [5.41, 5.74) is 4.01. The number of aliphatic hydroxyl groups excluding tert-OH is 1. The molecule has 0 saturated carbocycles. The Labute approximate surface area is 214 Å². The van der Waals surface area contributed by atoms with Crippen molar-refractivity contribution >= 4 is 17.5 Å². The molecule has 0 spiro atoms. The Bertz CT molecular complexity index is 1320. The zero-order valence-corrected chi connectivity index (χ0v) is 20.3. The largest absolute Gasteiger partial charge is 0.480 e. The smallest absolute Gasteiger partial charge is 0.387 e. The van der Waals surface area contributed by atoms with Crippen LogP contribution in [0.3, 0.4) is 0 Å². The predicted octanol–water partition coefficient (Wildman–Crippen LogP) is 4.79. The van der Waals surface area contributed by atoms with Crippen LogP contribution in [0.2, 0.25) is 5.02 Å². The third-order valence-electron chi connectivity index (χ3n) is 6.04. The second kappa shape index (κ2) is 10.6. The SMILES string of the molecule is C[C@@H](O)CNC[C@@]1(c2ccccc2)Cc2c(cc(F)c(Cl)c2-c2c(C(N)=O)ccc(OC(F)F)c2F)O1. The number of carbonyl (C=O) groups is 1. The number of nitrogens with one attached hydrogen (secondary N) is 1. The highest BCUT2D eigenvalue weighted by atomic mass is 35.5. The van der Waals surface area contributed by atoms with Crippen molar-refractivity contribution in [1.82, 2.24) is 5.32 Å². The Morgan fingerprint density at radius 2 is 1.92 bits per heavy atom. The van der Waals surface area contributed by atoms with Gasteiger partial charge in [0.15, 0.2) is 17.2 Å². The molecule has 0 aromatic heterocycles. The highest BCUT2D eigenvalue weighted by molar-refractivity contribution is 6.34. The van der Waals surface area contributed by atoms with Crippen LogP contribution in [0.4, 0.5) is 17.6 Å². The molecular formula is C26H23ClF4N2O4. The molecular weight excluding hydrogens is 516 g/mol. The molecule has 4 rings (SSSR count). The number of ether oxygens (including phenoxy) is 2. The normalized spacial score (nSPS) is 17.4. The van der Waals surface area contributed by atoms with Gasteiger partial charge in [-0.1, -0.05) is 41.9 Å². The van der Waals surface area contributed by atoms with Gasteiger partial charge in [0, 0.05) is 42.3 Å². The Balaban J connectivity index is 1.93. The number of nitrogens with two attached hydrogens (primary N) is 1. The second-order valence-electron chi connectivity index (χ2n) is 8.69. The maximum atomic E-state index is 15.6. The molecule has 11 heteroatoms. The Morgan fingerprint density at radius 1 is 1.22 bits per heavy atom. The highest BCUT2D eigenvalue weighted by Crippen LogP contribution is 2.50. The topological polar surface area (TPSA) is 93.8 Å². The van der Waals surface area contributed by atoms with Crippen molar-refractivity contribution in [2.24, 2.45) is 5.73 Å². The monoisotopic (exact) mass is 538 g/mol.